The molecule has 1 aromatic heterocycles. The highest BCUT2D eigenvalue weighted by molar-refractivity contribution is 7.91. The summed E-state index contributed by atoms with van der Waals surface area (Å²) >= 11 is 1.33. The standard InChI is InChI=1S/C13H22N2O2S2/c1-3-14-8-12-7-13(18-10-12)19(16,17)15-6-4-5-11(2)9-15/h7,10-11,14H,3-6,8-9H2,1-2H3. The lowest BCUT2D eigenvalue weighted by molar-refractivity contribution is 0.281. The minimum absolute atomic E-state index is 0.463. The zero-order chi connectivity index (χ0) is 13.9. The molecule has 1 saturated heterocycles. The minimum atomic E-state index is -3.28. The van der Waals surface area contributed by atoms with Gasteiger partial charge in [0.1, 0.15) is 4.21 Å². The predicted octanol–water partition coefficient (Wildman–Crippen LogP) is 2.28. The predicted molar refractivity (Wildman–Crippen MR) is 78.9 cm³/mol. The van der Waals surface area contributed by atoms with Crippen molar-refractivity contribution in [2.45, 2.75) is 37.4 Å². The van der Waals surface area contributed by atoms with Crippen LogP contribution < -0.4 is 5.32 Å². The fourth-order valence-electron chi connectivity index (χ4n) is 2.34. The van der Waals surface area contributed by atoms with Gasteiger partial charge in [0, 0.05) is 19.6 Å². The van der Waals surface area contributed by atoms with Crippen LogP contribution in [0.1, 0.15) is 32.3 Å². The van der Waals surface area contributed by atoms with Gasteiger partial charge in [0.05, 0.1) is 0 Å². The van der Waals surface area contributed by atoms with Crippen LogP contribution in [-0.4, -0.2) is 32.4 Å². The van der Waals surface area contributed by atoms with Gasteiger partial charge in [0.15, 0.2) is 0 Å². The average molecular weight is 302 g/mol. The molecule has 6 heteroatoms. The second-order valence-electron chi connectivity index (χ2n) is 5.16. The molecule has 2 rings (SSSR count). The van der Waals surface area contributed by atoms with E-state index in [9.17, 15) is 8.42 Å². The van der Waals surface area contributed by atoms with Crippen molar-refractivity contribution in [1.82, 2.24) is 9.62 Å². The molecular weight excluding hydrogens is 280 g/mol. The van der Waals surface area contributed by atoms with E-state index in [0.29, 0.717) is 23.2 Å². The van der Waals surface area contributed by atoms with Crippen LogP contribution in [0, 0.1) is 5.92 Å². The Bertz CT molecular complexity index is 510. The number of sulfonamides is 1. The van der Waals surface area contributed by atoms with Crippen molar-refractivity contribution in [2.24, 2.45) is 5.92 Å². The highest BCUT2D eigenvalue weighted by atomic mass is 32.2. The van der Waals surface area contributed by atoms with Gasteiger partial charge in [-0.05, 0) is 42.3 Å². The van der Waals surface area contributed by atoms with E-state index < -0.39 is 10.0 Å². The highest BCUT2D eigenvalue weighted by Crippen LogP contribution is 2.27. The molecule has 1 aliphatic heterocycles. The van der Waals surface area contributed by atoms with Crippen molar-refractivity contribution in [2.75, 3.05) is 19.6 Å². The van der Waals surface area contributed by atoms with Gasteiger partial charge in [-0.3, -0.25) is 0 Å². The van der Waals surface area contributed by atoms with Crippen LogP contribution in [0.5, 0.6) is 0 Å². The first kappa shape index (κ1) is 15.0. The van der Waals surface area contributed by atoms with E-state index in [2.05, 4.69) is 12.2 Å². The van der Waals surface area contributed by atoms with Gasteiger partial charge < -0.3 is 5.32 Å². The van der Waals surface area contributed by atoms with Crippen molar-refractivity contribution in [1.29, 1.82) is 0 Å². The van der Waals surface area contributed by atoms with Crippen molar-refractivity contribution in [3.63, 3.8) is 0 Å². The number of hydrogen-bond donors (Lipinski definition) is 1. The molecule has 4 nitrogen and oxygen atoms in total. The molecule has 0 bridgehead atoms. The molecule has 1 fully saturated rings. The van der Waals surface area contributed by atoms with E-state index >= 15 is 0 Å². The van der Waals surface area contributed by atoms with E-state index in [-0.39, 0.29) is 0 Å². The first-order valence-corrected chi connectivity index (χ1v) is 9.14. The van der Waals surface area contributed by atoms with E-state index in [1.165, 1.54) is 11.3 Å². The second kappa shape index (κ2) is 6.35. The largest absolute Gasteiger partial charge is 0.313 e. The smallest absolute Gasteiger partial charge is 0.252 e. The molecule has 1 unspecified atom stereocenters. The van der Waals surface area contributed by atoms with Gasteiger partial charge in [0.2, 0.25) is 0 Å². The molecule has 1 atom stereocenters. The Kier molecular flexibility index (Phi) is 5.00. The van der Waals surface area contributed by atoms with Crippen molar-refractivity contribution in [3.8, 4) is 0 Å². The number of nitrogens with one attached hydrogen (secondary N) is 1. The first-order chi connectivity index (χ1) is 9.04. The zero-order valence-electron chi connectivity index (χ0n) is 11.6. The summed E-state index contributed by atoms with van der Waals surface area (Å²) in [5, 5.41) is 5.15. The Morgan fingerprint density at radius 2 is 2.32 bits per heavy atom. The Hall–Kier alpha value is -0.430. The number of thiophene rings is 1. The third-order valence-electron chi connectivity index (χ3n) is 3.42. The molecule has 1 N–H and O–H groups in total. The monoisotopic (exact) mass is 302 g/mol. The Morgan fingerprint density at radius 1 is 1.53 bits per heavy atom. The fourth-order valence-corrected chi connectivity index (χ4v) is 5.30. The molecule has 0 radical (unpaired) electrons. The summed E-state index contributed by atoms with van der Waals surface area (Å²) in [4.78, 5) is 0. The molecule has 108 valence electrons. The van der Waals surface area contributed by atoms with Gasteiger partial charge in [-0.2, -0.15) is 4.31 Å². The summed E-state index contributed by atoms with van der Waals surface area (Å²) in [6.45, 7) is 7.10. The number of rotatable bonds is 5. The van der Waals surface area contributed by atoms with Crippen LogP contribution in [0.25, 0.3) is 0 Å². The van der Waals surface area contributed by atoms with E-state index in [1.807, 2.05) is 18.4 Å². The lowest BCUT2D eigenvalue weighted by atomic mass is 10.0. The molecule has 1 aromatic rings. The normalized spacial score (nSPS) is 21.7. The van der Waals surface area contributed by atoms with E-state index in [4.69, 9.17) is 0 Å². The zero-order valence-corrected chi connectivity index (χ0v) is 13.2. The van der Waals surface area contributed by atoms with Gasteiger partial charge in [-0.1, -0.05) is 13.8 Å². The number of piperidine rings is 1. The van der Waals surface area contributed by atoms with Gasteiger partial charge in [-0.15, -0.1) is 11.3 Å². The van der Waals surface area contributed by atoms with Gasteiger partial charge in [0.25, 0.3) is 10.0 Å². The summed E-state index contributed by atoms with van der Waals surface area (Å²) in [5.74, 6) is 0.463. The third-order valence-corrected chi connectivity index (χ3v) is 6.75. The number of hydrogen-bond acceptors (Lipinski definition) is 4. The van der Waals surface area contributed by atoms with Crippen LogP contribution in [0.15, 0.2) is 15.7 Å². The maximum absolute atomic E-state index is 12.5. The molecule has 0 aliphatic carbocycles. The SMILES string of the molecule is CCNCc1csc(S(=O)(=O)N2CCCC(C)C2)c1. The summed E-state index contributed by atoms with van der Waals surface area (Å²) in [5.41, 5.74) is 1.05. The third kappa shape index (κ3) is 3.56. The molecule has 19 heavy (non-hydrogen) atoms. The molecule has 0 spiro atoms. The number of nitrogens with zero attached hydrogens (tertiary/aromatic N) is 1. The maximum atomic E-state index is 12.5. The van der Waals surface area contributed by atoms with Crippen molar-refractivity contribution < 1.29 is 8.42 Å². The van der Waals surface area contributed by atoms with Gasteiger partial charge >= 0.3 is 0 Å². The quantitative estimate of drug-likeness (QED) is 0.908. The van der Waals surface area contributed by atoms with Gasteiger partial charge in [-0.25, -0.2) is 8.42 Å². The molecular formula is C13H22N2O2S2. The maximum Gasteiger partial charge on any atom is 0.252 e. The van der Waals surface area contributed by atoms with Crippen LogP contribution in [0.4, 0.5) is 0 Å². The average Bonchev–Trinajstić information content (AvgIpc) is 2.86. The van der Waals surface area contributed by atoms with Crippen LogP contribution in [0.3, 0.4) is 0 Å². The summed E-state index contributed by atoms with van der Waals surface area (Å²) in [6.07, 6.45) is 2.10. The summed E-state index contributed by atoms with van der Waals surface area (Å²) in [6, 6.07) is 1.81. The molecule has 2 heterocycles. The minimum Gasteiger partial charge on any atom is -0.313 e. The Morgan fingerprint density at radius 3 is 3.00 bits per heavy atom. The van der Waals surface area contributed by atoms with Crippen LogP contribution in [0.2, 0.25) is 0 Å². The second-order valence-corrected chi connectivity index (χ2v) is 8.24. The lowest BCUT2D eigenvalue weighted by Crippen LogP contribution is -2.38. The summed E-state index contributed by atoms with van der Waals surface area (Å²) in [7, 11) is -3.28. The lowest BCUT2D eigenvalue weighted by Gasteiger charge is -2.29. The first-order valence-electron chi connectivity index (χ1n) is 6.82. The van der Waals surface area contributed by atoms with Crippen molar-refractivity contribution >= 4 is 21.4 Å². The van der Waals surface area contributed by atoms with Crippen LogP contribution >= 0.6 is 11.3 Å². The molecule has 1 aliphatic rings. The molecule has 0 aromatic carbocycles. The summed E-state index contributed by atoms with van der Waals surface area (Å²) < 4.78 is 27.2. The van der Waals surface area contributed by atoms with E-state index in [0.717, 1.165) is 31.5 Å². The Balaban J connectivity index is 2.12. The molecule has 0 amide bonds. The van der Waals surface area contributed by atoms with Crippen molar-refractivity contribution in [3.05, 3.63) is 17.0 Å². The Labute approximate surface area is 119 Å². The fraction of sp³-hybridized carbons (Fsp3) is 0.692. The molecule has 0 saturated carbocycles. The van der Waals surface area contributed by atoms with Crippen LogP contribution in [-0.2, 0) is 16.6 Å². The van der Waals surface area contributed by atoms with E-state index in [1.54, 1.807) is 4.31 Å². The topological polar surface area (TPSA) is 49.4 Å². The highest BCUT2D eigenvalue weighted by Gasteiger charge is 2.29.